The van der Waals surface area contributed by atoms with E-state index in [4.69, 9.17) is 0 Å². The van der Waals surface area contributed by atoms with Crippen LogP contribution in [-0.2, 0) is 0 Å². The summed E-state index contributed by atoms with van der Waals surface area (Å²) in [4.78, 5) is 16.3. The minimum absolute atomic E-state index is 0.0287. The number of piperidine rings is 2. The molecule has 2 aliphatic heterocycles. The van der Waals surface area contributed by atoms with Crippen LogP contribution >= 0.6 is 0 Å². The summed E-state index contributed by atoms with van der Waals surface area (Å²) in [6.45, 7) is 8.47. The lowest BCUT2D eigenvalue weighted by Gasteiger charge is -2.50. The molecule has 2 atom stereocenters. The van der Waals surface area contributed by atoms with Crippen molar-refractivity contribution < 1.29 is 9.90 Å². The highest BCUT2D eigenvalue weighted by atomic mass is 16.3. The van der Waals surface area contributed by atoms with E-state index in [1.165, 1.54) is 0 Å². The standard InChI is InChI=1S/C17H27N5O2/c1-12(2)18-16(23)22-9-7-17(24)6-8-21(10-14(17)11-22)15-5-4-13(3)19-20-15/h4-5,12,14,24H,6-11H2,1-3H3,(H,18,23)/t14-,17-/m1/s1. The minimum Gasteiger partial charge on any atom is -0.389 e. The number of aromatic nitrogens is 2. The van der Waals surface area contributed by atoms with Crippen LogP contribution in [0.25, 0.3) is 0 Å². The van der Waals surface area contributed by atoms with Gasteiger partial charge in [0.2, 0.25) is 0 Å². The molecule has 7 heteroatoms. The van der Waals surface area contributed by atoms with Gasteiger partial charge in [-0.25, -0.2) is 4.79 Å². The number of urea groups is 1. The van der Waals surface area contributed by atoms with Crippen LogP contribution in [0.4, 0.5) is 10.6 Å². The lowest BCUT2D eigenvalue weighted by atomic mass is 9.75. The zero-order valence-corrected chi connectivity index (χ0v) is 14.7. The van der Waals surface area contributed by atoms with Gasteiger partial charge in [0.05, 0.1) is 11.3 Å². The van der Waals surface area contributed by atoms with Gasteiger partial charge in [-0.2, -0.15) is 5.10 Å². The number of nitrogens with one attached hydrogen (secondary N) is 1. The average Bonchev–Trinajstić information content (AvgIpc) is 2.54. The summed E-state index contributed by atoms with van der Waals surface area (Å²) < 4.78 is 0. The molecule has 2 amide bonds. The van der Waals surface area contributed by atoms with Crippen molar-refractivity contribution >= 4 is 11.8 Å². The van der Waals surface area contributed by atoms with Gasteiger partial charge in [0.1, 0.15) is 0 Å². The van der Waals surface area contributed by atoms with E-state index < -0.39 is 5.60 Å². The molecular formula is C17H27N5O2. The molecule has 3 rings (SSSR count). The van der Waals surface area contributed by atoms with Crippen molar-refractivity contribution in [3.05, 3.63) is 17.8 Å². The van der Waals surface area contributed by atoms with E-state index in [9.17, 15) is 9.90 Å². The van der Waals surface area contributed by atoms with Crippen molar-refractivity contribution in [3.8, 4) is 0 Å². The van der Waals surface area contributed by atoms with E-state index in [1.807, 2.05) is 37.8 Å². The number of amides is 2. The van der Waals surface area contributed by atoms with Gasteiger partial charge in [-0.1, -0.05) is 0 Å². The van der Waals surface area contributed by atoms with Crippen LogP contribution in [0.1, 0.15) is 32.4 Å². The monoisotopic (exact) mass is 333 g/mol. The molecule has 0 bridgehead atoms. The summed E-state index contributed by atoms with van der Waals surface area (Å²) in [6.07, 6.45) is 1.34. The van der Waals surface area contributed by atoms with Crippen molar-refractivity contribution in [2.75, 3.05) is 31.1 Å². The first-order valence-electron chi connectivity index (χ1n) is 8.70. The third-order valence-corrected chi connectivity index (χ3v) is 5.08. The average molecular weight is 333 g/mol. The molecule has 0 aromatic carbocycles. The fraction of sp³-hybridized carbons (Fsp3) is 0.706. The molecule has 0 saturated carbocycles. The van der Waals surface area contributed by atoms with Crippen LogP contribution in [-0.4, -0.2) is 64.1 Å². The minimum atomic E-state index is -0.677. The van der Waals surface area contributed by atoms with Crippen LogP contribution in [0.5, 0.6) is 0 Å². The summed E-state index contributed by atoms with van der Waals surface area (Å²) in [5.41, 5.74) is 0.213. The number of anilines is 1. The molecule has 2 N–H and O–H groups in total. The fourth-order valence-corrected chi connectivity index (χ4v) is 3.59. The van der Waals surface area contributed by atoms with Crippen molar-refractivity contribution in [1.29, 1.82) is 0 Å². The predicted octanol–water partition coefficient (Wildman–Crippen LogP) is 1.17. The van der Waals surface area contributed by atoms with E-state index in [1.54, 1.807) is 0 Å². The number of nitrogens with zero attached hydrogens (tertiary/aromatic N) is 4. The van der Waals surface area contributed by atoms with Gasteiger partial charge >= 0.3 is 6.03 Å². The SMILES string of the molecule is Cc1ccc(N2CC[C@@]3(O)CCN(C(=O)NC(C)C)C[C@H]3C2)nn1. The largest absolute Gasteiger partial charge is 0.389 e. The van der Waals surface area contributed by atoms with E-state index in [0.29, 0.717) is 32.5 Å². The summed E-state index contributed by atoms with van der Waals surface area (Å²) in [7, 11) is 0. The second kappa shape index (κ2) is 6.55. The van der Waals surface area contributed by atoms with Crippen LogP contribution in [0.15, 0.2) is 12.1 Å². The molecule has 2 saturated heterocycles. The fourth-order valence-electron chi connectivity index (χ4n) is 3.59. The quantitative estimate of drug-likeness (QED) is 0.849. The van der Waals surface area contributed by atoms with E-state index in [0.717, 1.165) is 18.1 Å². The molecule has 24 heavy (non-hydrogen) atoms. The van der Waals surface area contributed by atoms with Gasteiger partial charge in [0.25, 0.3) is 0 Å². The Hall–Kier alpha value is -1.89. The third kappa shape index (κ3) is 3.45. The zero-order valence-electron chi connectivity index (χ0n) is 14.7. The Morgan fingerprint density at radius 2 is 2.04 bits per heavy atom. The summed E-state index contributed by atoms with van der Waals surface area (Å²) in [5.74, 6) is 0.868. The Labute approximate surface area is 143 Å². The normalized spacial score (nSPS) is 27.1. The Kier molecular flexibility index (Phi) is 4.62. The van der Waals surface area contributed by atoms with Gasteiger partial charge in [-0.05, 0) is 45.7 Å². The third-order valence-electron chi connectivity index (χ3n) is 5.08. The topological polar surface area (TPSA) is 81.6 Å². The lowest BCUT2D eigenvalue weighted by Crippen LogP contribution is -2.62. The molecule has 0 aliphatic carbocycles. The zero-order chi connectivity index (χ0) is 17.3. The molecule has 1 aromatic heterocycles. The maximum Gasteiger partial charge on any atom is 0.317 e. The molecular weight excluding hydrogens is 306 g/mol. The molecule has 1 aromatic rings. The molecule has 0 unspecified atom stereocenters. The van der Waals surface area contributed by atoms with E-state index in [-0.39, 0.29) is 18.0 Å². The number of aryl methyl sites for hydroxylation is 1. The van der Waals surface area contributed by atoms with Crippen molar-refractivity contribution in [2.45, 2.75) is 45.3 Å². The first-order valence-corrected chi connectivity index (χ1v) is 8.70. The lowest BCUT2D eigenvalue weighted by molar-refractivity contribution is -0.0747. The second-order valence-corrected chi connectivity index (χ2v) is 7.33. The molecule has 7 nitrogen and oxygen atoms in total. The van der Waals surface area contributed by atoms with Crippen LogP contribution in [0.2, 0.25) is 0 Å². The molecule has 0 spiro atoms. The summed E-state index contributed by atoms with van der Waals surface area (Å²) in [6, 6.07) is 3.99. The number of hydrogen-bond donors (Lipinski definition) is 2. The Balaban J connectivity index is 1.69. The molecule has 3 heterocycles. The van der Waals surface area contributed by atoms with Gasteiger partial charge in [-0.15, -0.1) is 5.10 Å². The van der Waals surface area contributed by atoms with Gasteiger partial charge in [0, 0.05) is 38.1 Å². The molecule has 2 aliphatic rings. The smallest absolute Gasteiger partial charge is 0.317 e. The highest BCUT2D eigenvalue weighted by molar-refractivity contribution is 5.74. The first kappa shape index (κ1) is 17.0. The Bertz CT molecular complexity index is 591. The second-order valence-electron chi connectivity index (χ2n) is 7.33. The van der Waals surface area contributed by atoms with Gasteiger partial charge < -0.3 is 20.2 Å². The van der Waals surface area contributed by atoms with Crippen molar-refractivity contribution in [2.24, 2.45) is 5.92 Å². The Morgan fingerprint density at radius 1 is 1.29 bits per heavy atom. The van der Waals surface area contributed by atoms with Crippen LogP contribution < -0.4 is 10.2 Å². The number of carbonyl (C=O) groups excluding carboxylic acids is 1. The summed E-state index contributed by atoms with van der Waals surface area (Å²) >= 11 is 0. The molecule has 0 radical (unpaired) electrons. The predicted molar refractivity (Wildman–Crippen MR) is 91.9 cm³/mol. The summed E-state index contributed by atoms with van der Waals surface area (Å²) in [5, 5.41) is 22.3. The number of hydrogen-bond acceptors (Lipinski definition) is 5. The number of rotatable bonds is 2. The van der Waals surface area contributed by atoms with Gasteiger partial charge in [0.15, 0.2) is 5.82 Å². The number of likely N-dealkylation sites (tertiary alicyclic amines) is 1. The van der Waals surface area contributed by atoms with Crippen LogP contribution in [0.3, 0.4) is 0 Å². The maximum absolute atomic E-state index is 12.3. The van der Waals surface area contributed by atoms with Gasteiger partial charge in [-0.3, -0.25) is 0 Å². The van der Waals surface area contributed by atoms with Crippen molar-refractivity contribution in [3.63, 3.8) is 0 Å². The highest BCUT2D eigenvalue weighted by Gasteiger charge is 2.46. The number of fused-ring (bicyclic) bond motifs is 1. The Morgan fingerprint density at radius 3 is 2.71 bits per heavy atom. The van der Waals surface area contributed by atoms with E-state index >= 15 is 0 Å². The maximum atomic E-state index is 12.3. The van der Waals surface area contributed by atoms with Crippen molar-refractivity contribution in [1.82, 2.24) is 20.4 Å². The number of carbonyl (C=O) groups is 1. The van der Waals surface area contributed by atoms with Crippen LogP contribution in [0, 0.1) is 12.8 Å². The number of aliphatic hydroxyl groups is 1. The molecule has 2 fully saturated rings. The van der Waals surface area contributed by atoms with E-state index in [2.05, 4.69) is 20.4 Å². The molecule has 132 valence electrons. The first-order chi connectivity index (χ1) is 11.4. The highest BCUT2D eigenvalue weighted by Crippen LogP contribution is 2.36.